The van der Waals surface area contributed by atoms with Gasteiger partial charge in [-0.05, 0) is 72.0 Å². The Balaban J connectivity index is 1.24. The van der Waals surface area contributed by atoms with Crippen molar-refractivity contribution in [3.05, 3.63) is 95.1 Å². The summed E-state index contributed by atoms with van der Waals surface area (Å²) in [5, 5.41) is 1.13. The standard InChI is InChI=1S/C28H25N3O2/c1-33-25-11-8-21-16-22-13-15-31(27(22)29-26(21)17-25)24-9-6-20(7-10-24)28(32)30-14-12-19-4-2-3-5-23(19)18-30/h2-11,16-17H,12-15,18H2,1H3. The van der Waals surface area contributed by atoms with E-state index in [9.17, 15) is 4.79 Å². The second-order valence-corrected chi connectivity index (χ2v) is 8.72. The van der Waals surface area contributed by atoms with Gasteiger partial charge in [-0.2, -0.15) is 0 Å². The number of nitrogens with zero attached hydrogens (tertiary/aromatic N) is 3. The number of carbonyl (C=O) groups is 1. The summed E-state index contributed by atoms with van der Waals surface area (Å²) in [6, 6.07) is 24.6. The molecule has 0 saturated heterocycles. The van der Waals surface area contributed by atoms with Crippen molar-refractivity contribution in [2.24, 2.45) is 0 Å². The summed E-state index contributed by atoms with van der Waals surface area (Å²) in [6.07, 6.45) is 1.87. The highest BCUT2D eigenvalue weighted by Crippen LogP contribution is 2.36. The van der Waals surface area contributed by atoms with Gasteiger partial charge in [0.05, 0.1) is 12.6 Å². The lowest BCUT2D eigenvalue weighted by Crippen LogP contribution is -2.35. The van der Waals surface area contributed by atoms with E-state index >= 15 is 0 Å². The Hall–Kier alpha value is -3.86. The number of amides is 1. The summed E-state index contributed by atoms with van der Waals surface area (Å²) in [6.45, 7) is 2.32. The lowest BCUT2D eigenvalue weighted by Gasteiger charge is -2.29. The number of fused-ring (bicyclic) bond motifs is 3. The van der Waals surface area contributed by atoms with Crippen molar-refractivity contribution < 1.29 is 9.53 Å². The zero-order valence-electron chi connectivity index (χ0n) is 18.6. The molecule has 3 aromatic carbocycles. The Labute approximate surface area is 193 Å². The predicted molar refractivity (Wildman–Crippen MR) is 130 cm³/mol. The summed E-state index contributed by atoms with van der Waals surface area (Å²) in [7, 11) is 1.67. The minimum atomic E-state index is 0.0917. The molecule has 2 aliphatic heterocycles. The molecule has 0 saturated carbocycles. The maximum Gasteiger partial charge on any atom is 0.254 e. The number of benzene rings is 3. The van der Waals surface area contributed by atoms with Gasteiger partial charge in [-0.1, -0.05) is 24.3 Å². The molecule has 1 amide bonds. The SMILES string of the molecule is COc1ccc2cc3c(nc2c1)N(c1ccc(C(=O)N2CCc4ccccc4C2)cc1)CC3. The van der Waals surface area contributed by atoms with Gasteiger partial charge in [0.25, 0.3) is 5.91 Å². The van der Waals surface area contributed by atoms with E-state index in [1.807, 2.05) is 47.4 Å². The lowest BCUT2D eigenvalue weighted by molar-refractivity contribution is 0.0734. The fourth-order valence-electron chi connectivity index (χ4n) is 4.95. The van der Waals surface area contributed by atoms with Crippen LogP contribution in [0.25, 0.3) is 10.9 Å². The maximum atomic E-state index is 13.1. The first-order chi connectivity index (χ1) is 16.2. The van der Waals surface area contributed by atoms with Crippen LogP contribution in [0.15, 0.2) is 72.8 Å². The molecule has 0 spiro atoms. The number of pyridine rings is 1. The van der Waals surface area contributed by atoms with Crippen LogP contribution in [0, 0.1) is 0 Å². The van der Waals surface area contributed by atoms with Gasteiger partial charge in [0.1, 0.15) is 11.6 Å². The molecule has 0 radical (unpaired) electrons. The molecular formula is C28H25N3O2. The third-order valence-corrected chi connectivity index (χ3v) is 6.79. The maximum absolute atomic E-state index is 13.1. The molecule has 33 heavy (non-hydrogen) atoms. The number of ether oxygens (including phenoxy) is 1. The van der Waals surface area contributed by atoms with E-state index in [1.165, 1.54) is 16.7 Å². The van der Waals surface area contributed by atoms with Crippen LogP contribution in [0.3, 0.4) is 0 Å². The van der Waals surface area contributed by atoms with Crippen molar-refractivity contribution in [3.63, 3.8) is 0 Å². The number of aromatic nitrogens is 1. The molecule has 4 aromatic rings. The first-order valence-electron chi connectivity index (χ1n) is 11.4. The number of carbonyl (C=O) groups excluding carboxylic acids is 1. The topological polar surface area (TPSA) is 45.7 Å². The second-order valence-electron chi connectivity index (χ2n) is 8.72. The number of rotatable bonds is 3. The van der Waals surface area contributed by atoms with Crippen LogP contribution >= 0.6 is 0 Å². The summed E-state index contributed by atoms with van der Waals surface area (Å²) in [5.74, 6) is 1.89. The Kier molecular flexibility index (Phi) is 4.75. The molecule has 6 rings (SSSR count). The van der Waals surface area contributed by atoms with Crippen LogP contribution in [0.2, 0.25) is 0 Å². The van der Waals surface area contributed by atoms with E-state index in [1.54, 1.807) is 7.11 Å². The molecule has 3 heterocycles. The minimum absolute atomic E-state index is 0.0917. The zero-order chi connectivity index (χ0) is 22.4. The summed E-state index contributed by atoms with van der Waals surface area (Å²) >= 11 is 0. The molecule has 0 aliphatic carbocycles. The molecule has 5 heteroatoms. The Morgan fingerprint density at radius 1 is 0.879 bits per heavy atom. The highest BCUT2D eigenvalue weighted by Gasteiger charge is 2.25. The number of hydrogen-bond acceptors (Lipinski definition) is 4. The monoisotopic (exact) mass is 435 g/mol. The molecule has 0 bridgehead atoms. The van der Waals surface area contributed by atoms with Crippen molar-refractivity contribution >= 4 is 28.3 Å². The van der Waals surface area contributed by atoms with Crippen molar-refractivity contribution in [3.8, 4) is 5.75 Å². The normalized spacial score (nSPS) is 14.8. The van der Waals surface area contributed by atoms with Crippen molar-refractivity contribution in [2.75, 3.05) is 25.1 Å². The van der Waals surface area contributed by atoms with E-state index in [-0.39, 0.29) is 5.91 Å². The van der Waals surface area contributed by atoms with E-state index in [0.29, 0.717) is 6.54 Å². The largest absolute Gasteiger partial charge is 0.497 e. The summed E-state index contributed by atoms with van der Waals surface area (Å²) in [4.78, 5) is 22.3. The van der Waals surface area contributed by atoms with Crippen LogP contribution < -0.4 is 9.64 Å². The zero-order valence-corrected chi connectivity index (χ0v) is 18.6. The van der Waals surface area contributed by atoms with Gasteiger partial charge in [-0.3, -0.25) is 4.79 Å². The fourth-order valence-corrected chi connectivity index (χ4v) is 4.95. The Bertz CT molecular complexity index is 1360. The quantitative estimate of drug-likeness (QED) is 0.447. The average Bonchev–Trinajstić information content (AvgIpc) is 3.29. The third kappa shape index (κ3) is 3.50. The number of anilines is 2. The molecule has 5 nitrogen and oxygen atoms in total. The van der Waals surface area contributed by atoms with Crippen LogP contribution in [0.1, 0.15) is 27.0 Å². The minimum Gasteiger partial charge on any atom is -0.497 e. The van der Waals surface area contributed by atoms with E-state index in [2.05, 4.69) is 35.2 Å². The molecule has 0 atom stereocenters. The fraction of sp³-hybridized carbons (Fsp3) is 0.214. The van der Waals surface area contributed by atoms with Crippen LogP contribution in [0.4, 0.5) is 11.5 Å². The van der Waals surface area contributed by atoms with Gasteiger partial charge in [-0.15, -0.1) is 0 Å². The van der Waals surface area contributed by atoms with Crippen molar-refractivity contribution in [1.82, 2.24) is 9.88 Å². The van der Waals surface area contributed by atoms with Crippen LogP contribution in [-0.2, 0) is 19.4 Å². The lowest BCUT2D eigenvalue weighted by atomic mass is 9.99. The predicted octanol–water partition coefficient (Wildman–Crippen LogP) is 5.14. The van der Waals surface area contributed by atoms with Crippen LogP contribution in [-0.4, -0.2) is 36.0 Å². The van der Waals surface area contributed by atoms with Crippen molar-refractivity contribution in [2.45, 2.75) is 19.4 Å². The molecule has 0 N–H and O–H groups in total. The van der Waals surface area contributed by atoms with Gasteiger partial charge in [0, 0.05) is 42.3 Å². The number of hydrogen-bond donors (Lipinski definition) is 0. The second kappa shape index (κ2) is 7.93. The molecule has 1 aromatic heterocycles. The smallest absolute Gasteiger partial charge is 0.254 e. The van der Waals surface area contributed by atoms with Gasteiger partial charge in [0.15, 0.2) is 0 Å². The first kappa shape index (κ1) is 19.8. The van der Waals surface area contributed by atoms with Gasteiger partial charge < -0.3 is 14.5 Å². The highest BCUT2D eigenvalue weighted by molar-refractivity contribution is 5.95. The molecule has 2 aliphatic rings. The summed E-state index contributed by atoms with van der Waals surface area (Å²) < 4.78 is 5.37. The van der Waals surface area contributed by atoms with Gasteiger partial charge >= 0.3 is 0 Å². The molecule has 0 unspecified atom stereocenters. The summed E-state index contributed by atoms with van der Waals surface area (Å²) in [5.41, 5.74) is 6.56. The Morgan fingerprint density at radius 3 is 2.48 bits per heavy atom. The van der Waals surface area contributed by atoms with Crippen molar-refractivity contribution in [1.29, 1.82) is 0 Å². The highest BCUT2D eigenvalue weighted by atomic mass is 16.5. The third-order valence-electron chi connectivity index (χ3n) is 6.79. The van der Waals surface area contributed by atoms with Gasteiger partial charge in [-0.25, -0.2) is 4.98 Å². The molecular weight excluding hydrogens is 410 g/mol. The average molecular weight is 436 g/mol. The van der Waals surface area contributed by atoms with E-state index in [0.717, 1.165) is 59.7 Å². The van der Waals surface area contributed by atoms with Crippen LogP contribution in [0.5, 0.6) is 5.75 Å². The van der Waals surface area contributed by atoms with Gasteiger partial charge in [0.2, 0.25) is 0 Å². The number of methoxy groups -OCH3 is 1. The first-order valence-corrected chi connectivity index (χ1v) is 11.4. The molecule has 164 valence electrons. The van der Waals surface area contributed by atoms with E-state index in [4.69, 9.17) is 9.72 Å². The molecule has 0 fully saturated rings. The van der Waals surface area contributed by atoms with E-state index < -0.39 is 0 Å². The Morgan fingerprint density at radius 2 is 1.67 bits per heavy atom.